The number of thiazole rings is 1. The summed E-state index contributed by atoms with van der Waals surface area (Å²) in [5, 5.41) is 1.06. The quantitative estimate of drug-likeness (QED) is 0.708. The SMILES string of the molecule is Cc1ccc(CC(=O)N2CCN(c3nc4ccccc4s3)CC2)cc1C. The van der Waals surface area contributed by atoms with E-state index in [2.05, 4.69) is 49.1 Å². The molecule has 26 heavy (non-hydrogen) atoms. The molecular weight excluding hydrogens is 342 g/mol. The second kappa shape index (κ2) is 7.08. The smallest absolute Gasteiger partial charge is 0.227 e. The molecule has 0 radical (unpaired) electrons. The molecule has 0 bridgehead atoms. The van der Waals surface area contributed by atoms with Gasteiger partial charge in [-0.05, 0) is 42.7 Å². The zero-order chi connectivity index (χ0) is 18.1. The Labute approximate surface area is 158 Å². The van der Waals surface area contributed by atoms with Gasteiger partial charge in [-0.2, -0.15) is 0 Å². The van der Waals surface area contributed by atoms with Crippen molar-refractivity contribution in [1.82, 2.24) is 9.88 Å². The fraction of sp³-hybridized carbons (Fsp3) is 0.333. The number of nitrogens with zero attached hydrogens (tertiary/aromatic N) is 3. The van der Waals surface area contributed by atoms with Crippen molar-refractivity contribution in [1.29, 1.82) is 0 Å². The first-order valence-corrected chi connectivity index (χ1v) is 9.86. The lowest BCUT2D eigenvalue weighted by atomic mass is 10.0. The van der Waals surface area contributed by atoms with Crippen LogP contribution in [0.15, 0.2) is 42.5 Å². The van der Waals surface area contributed by atoms with Crippen LogP contribution in [0.3, 0.4) is 0 Å². The maximum absolute atomic E-state index is 12.6. The van der Waals surface area contributed by atoms with E-state index in [0.29, 0.717) is 6.42 Å². The minimum Gasteiger partial charge on any atom is -0.345 e. The lowest BCUT2D eigenvalue weighted by Gasteiger charge is -2.34. The van der Waals surface area contributed by atoms with Gasteiger partial charge in [0.25, 0.3) is 0 Å². The summed E-state index contributed by atoms with van der Waals surface area (Å²) in [4.78, 5) is 21.7. The second-order valence-electron chi connectivity index (χ2n) is 6.93. The van der Waals surface area contributed by atoms with Gasteiger partial charge in [0.05, 0.1) is 16.6 Å². The molecule has 3 aromatic rings. The number of piperazine rings is 1. The summed E-state index contributed by atoms with van der Waals surface area (Å²) in [6.45, 7) is 7.42. The molecule has 0 atom stereocenters. The Hall–Kier alpha value is -2.40. The summed E-state index contributed by atoms with van der Waals surface area (Å²) in [7, 11) is 0. The van der Waals surface area contributed by atoms with Crippen molar-refractivity contribution in [3.63, 3.8) is 0 Å². The number of hydrogen-bond donors (Lipinski definition) is 0. The van der Waals surface area contributed by atoms with Gasteiger partial charge in [-0.15, -0.1) is 0 Å². The van der Waals surface area contributed by atoms with Crippen molar-refractivity contribution in [2.45, 2.75) is 20.3 Å². The first kappa shape index (κ1) is 17.0. The highest BCUT2D eigenvalue weighted by molar-refractivity contribution is 7.22. The Kier molecular flexibility index (Phi) is 4.64. The molecule has 1 saturated heterocycles. The molecule has 1 amide bonds. The molecule has 0 aliphatic carbocycles. The third-order valence-corrected chi connectivity index (χ3v) is 6.21. The Morgan fingerprint density at radius 1 is 1.04 bits per heavy atom. The van der Waals surface area contributed by atoms with Crippen molar-refractivity contribution in [3.05, 3.63) is 59.2 Å². The van der Waals surface area contributed by atoms with E-state index in [0.717, 1.165) is 42.4 Å². The van der Waals surface area contributed by atoms with E-state index in [4.69, 9.17) is 4.98 Å². The van der Waals surface area contributed by atoms with Crippen molar-refractivity contribution >= 4 is 32.6 Å². The first-order chi connectivity index (χ1) is 12.6. The number of carbonyl (C=O) groups excluding carboxylic acids is 1. The summed E-state index contributed by atoms with van der Waals surface area (Å²) < 4.78 is 1.22. The third kappa shape index (κ3) is 3.44. The molecule has 5 heteroatoms. The highest BCUT2D eigenvalue weighted by Crippen LogP contribution is 2.29. The number of rotatable bonds is 3. The summed E-state index contributed by atoms with van der Waals surface area (Å²) >= 11 is 1.73. The lowest BCUT2D eigenvalue weighted by Crippen LogP contribution is -2.49. The number of anilines is 1. The standard InChI is InChI=1S/C21H23N3OS/c1-15-7-8-17(13-16(15)2)14-20(25)23-9-11-24(12-10-23)21-22-18-5-3-4-6-19(18)26-21/h3-8,13H,9-12,14H2,1-2H3. The highest BCUT2D eigenvalue weighted by atomic mass is 32.1. The van der Waals surface area contributed by atoms with Crippen LogP contribution in [-0.2, 0) is 11.2 Å². The van der Waals surface area contributed by atoms with Crippen LogP contribution in [0.25, 0.3) is 10.2 Å². The topological polar surface area (TPSA) is 36.4 Å². The Balaban J connectivity index is 1.38. The Bertz CT molecular complexity index is 908. The second-order valence-corrected chi connectivity index (χ2v) is 7.94. The number of fused-ring (bicyclic) bond motifs is 1. The molecule has 0 spiro atoms. The minimum absolute atomic E-state index is 0.220. The van der Waals surface area contributed by atoms with Gasteiger partial charge in [-0.25, -0.2) is 4.98 Å². The number of hydrogen-bond acceptors (Lipinski definition) is 4. The maximum atomic E-state index is 12.6. The molecule has 0 N–H and O–H groups in total. The molecule has 4 rings (SSSR count). The average molecular weight is 366 g/mol. The van der Waals surface area contributed by atoms with Gasteiger partial charge in [0, 0.05) is 26.2 Å². The summed E-state index contributed by atoms with van der Waals surface area (Å²) in [6.07, 6.45) is 0.488. The summed E-state index contributed by atoms with van der Waals surface area (Å²) in [6, 6.07) is 14.5. The van der Waals surface area contributed by atoms with Gasteiger partial charge in [0.2, 0.25) is 5.91 Å². The molecular formula is C21H23N3OS. The van der Waals surface area contributed by atoms with Crippen molar-refractivity contribution in [3.8, 4) is 0 Å². The van der Waals surface area contributed by atoms with E-state index in [1.165, 1.54) is 15.8 Å². The molecule has 0 saturated carbocycles. The molecule has 1 aromatic heterocycles. The van der Waals surface area contributed by atoms with Crippen LogP contribution >= 0.6 is 11.3 Å². The van der Waals surface area contributed by atoms with E-state index >= 15 is 0 Å². The summed E-state index contributed by atoms with van der Waals surface area (Å²) in [5.74, 6) is 0.220. The predicted molar refractivity (Wildman–Crippen MR) is 108 cm³/mol. The van der Waals surface area contributed by atoms with Crippen LogP contribution in [0.4, 0.5) is 5.13 Å². The number of aromatic nitrogens is 1. The van der Waals surface area contributed by atoms with Crippen molar-refractivity contribution in [2.24, 2.45) is 0 Å². The minimum atomic E-state index is 0.220. The summed E-state index contributed by atoms with van der Waals surface area (Å²) in [5.41, 5.74) is 4.68. The van der Waals surface area contributed by atoms with E-state index < -0.39 is 0 Å². The number of carbonyl (C=O) groups is 1. The van der Waals surface area contributed by atoms with Gasteiger partial charge in [0.15, 0.2) is 5.13 Å². The van der Waals surface area contributed by atoms with Crippen molar-refractivity contribution in [2.75, 3.05) is 31.1 Å². The number of aryl methyl sites for hydroxylation is 2. The number of benzene rings is 2. The third-order valence-electron chi connectivity index (χ3n) is 5.11. The van der Waals surface area contributed by atoms with Crippen LogP contribution in [0, 0.1) is 13.8 Å². The van der Waals surface area contributed by atoms with E-state index in [-0.39, 0.29) is 5.91 Å². The van der Waals surface area contributed by atoms with Gasteiger partial charge < -0.3 is 9.80 Å². The van der Waals surface area contributed by atoms with Gasteiger partial charge in [-0.3, -0.25) is 4.79 Å². The van der Waals surface area contributed by atoms with Crippen LogP contribution in [-0.4, -0.2) is 42.0 Å². The highest BCUT2D eigenvalue weighted by Gasteiger charge is 2.23. The molecule has 1 aliphatic rings. The number of amides is 1. The van der Waals surface area contributed by atoms with Crippen LogP contribution < -0.4 is 4.90 Å². The fourth-order valence-electron chi connectivity index (χ4n) is 3.34. The molecule has 1 fully saturated rings. The zero-order valence-corrected chi connectivity index (χ0v) is 16.1. The molecule has 4 nitrogen and oxygen atoms in total. The lowest BCUT2D eigenvalue weighted by molar-refractivity contribution is -0.130. The normalized spacial score (nSPS) is 14.8. The molecule has 2 heterocycles. The molecule has 0 unspecified atom stereocenters. The number of para-hydroxylation sites is 1. The molecule has 1 aliphatic heterocycles. The van der Waals surface area contributed by atoms with Gasteiger partial charge in [-0.1, -0.05) is 41.7 Å². The molecule has 2 aromatic carbocycles. The zero-order valence-electron chi connectivity index (χ0n) is 15.2. The Morgan fingerprint density at radius 3 is 2.54 bits per heavy atom. The monoisotopic (exact) mass is 365 g/mol. The van der Waals surface area contributed by atoms with Crippen LogP contribution in [0.2, 0.25) is 0 Å². The van der Waals surface area contributed by atoms with Gasteiger partial charge in [0.1, 0.15) is 0 Å². The Morgan fingerprint density at radius 2 is 1.81 bits per heavy atom. The van der Waals surface area contributed by atoms with E-state index in [1.54, 1.807) is 11.3 Å². The van der Waals surface area contributed by atoms with Crippen molar-refractivity contribution < 1.29 is 4.79 Å². The predicted octanol–water partition coefficient (Wildman–Crippen LogP) is 3.80. The van der Waals surface area contributed by atoms with E-state index in [1.807, 2.05) is 17.0 Å². The van der Waals surface area contributed by atoms with Crippen LogP contribution in [0.1, 0.15) is 16.7 Å². The van der Waals surface area contributed by atoms with E-state index in [9.17, 15) is 4.79 Å². The largest absolute Gasteiger partial charge is 0.345 e. The van der Waals surface area contributed by atoms with Gasteiger partial charge >= 0.3 is 0 Å². The van der Waals surface area contributed by atoms with Crippen LogP contribution in [0.5, 0.6) is 0 Å². The fourth-order valence-corrected chi connectivity index (χ4v) is 4.36. The average Bonchev–Trinajstić information content (AvgIpc) is 3.09. The maximum Gasteiger partial charge on any atom is 0.227 e. The molecule has 134 valence electrons. The first-order valence-electron chi connectivity index (χ1n) is 9.04.